The van der Waals surface area contributed by atoms with Gasteiger partial charge in [0.2, 0.25) is 12.0 Å². The van der Waals surface area contributed by atoms with E-state index >= 15 is 0 Å². The highest BCUT2D eigenvalue weighted by Gasteiger charge is 2.27. The van der Waals surface area contributed by atoms with Crippen LogP contribution >= 0.6 is 11.6 Å². The minimum Gasteiger partial charge on any atom is -0.485 e. The Hall–Kier alpha value is -4.04. The Morgan fingerprint density at radius 3 is 2.70 bits per heavy atom. The van der Waals surface area contributed by atoms with Gasteiger partial charge in [0.25, 0.3) is 11.8 Å². The third-order valence-corrected chi connectivity index (χ3v) is 5.07. The van der Waals surface area contributed by atoms with Crippen LogP contribution in [0.3, 0.4) is 0 Å². The standard InChI is InChI=1S/C24H18ClN3O5/c25-16-10-8-15(9-11-16)24-28-27-22(33-24)14-30-18-5-3-4-17(12-18)26-23(29)21-13-31-19-6-1-2-7-20(19)32-21/h1-12,21H,13-14H2,(H,26,29)/t21-/m0/s1. The highest BCUT2D eigenvalue weighted by atomic mass is 35.5. The van der Waals surface area contributed by atoms with E-state index in [1.165, 1.54) is 0 Å². The summed E-state index contributed by atoms with van der Waals surface area (Å²) in [5.41, 5.74) is 1.33. The fourth-order valence-corrected chi connectivity index (χ4v) is 3.33. The lowest BCUT2D eigenvalue weighted by Crippen LogP contribution is -2.40. The van der Waals surface area contributed by atoms with Gasteiger partial charge in [0.15, 0.2) is 18.1 Å². The van der Waals surface area contributed by atoms with Gasteiger partial charge in [0.1, 0.15) is 12.4 Å². The third-order valence-electron chi connectivity index (χ3n) is 4.82. The molecular formula is C24H18ClN3O5. The number of carbonyl (C=O) groups is 1. The van der Waals surface area contributed by atoms with Crippen molar-refractivity contribution in [2.45, 2.75) is 12.7 Å². The maximum atomic E-state index is 12.6. The molecule has 1 aliphatic rings. The molecule has 1 atom stereocenters. The summed E-state index contributed by atoms with van der Waals surface area (Å²) in [5.74, 6) is 2.08. The van der Waals surface area contributed by atoms with Gasteiger partial charge in [-0.2, -0.15) is 0 Å². The van der Waals surface area contributed by atoms with Crippen LogP contribution in [0.25, 0.3) is 11.5 Å². The number of para-hydroxylation sites is 2. The van der Waals surface area contributed by atoms with Gasteiger partial charge in [-0.15, -0.1) is 10.2 Å². The molecule has 0 bridgehead atoms. The van der Waals surface area contributed by atoms with Crippen molar-refractivity contribution >= 4 is 23.2 Å². The van der Waals surface area contributed by atoms with Crippen molar-refractivity contribution in [2.75, 3.05) is 11.9 Å². The first kappa shape index (κ1) is 20.8. The summed E-state index contributed by atoms with van der Waals surface area (Å²) in [5, 5.41) is 11.5. The Bertz CT molecular complexity index is 1280. The first-order valence-electron chi connectivity index (χ1n) is 10.1. The van der Waals surface area contributed by atoms with Crippen LogP contribution in [0.2, 0.25) is 5.02 Å². The zero-order chi connectivity index (χ0) is 22.6. The van der Waals surface area contributed by atoms with E-state index in [0.29, 0.717) is 39.7 Å². The number of hydrogen-bond donors (Lipinski definition) is 1. The molecule has 3 aromatic carbocycles. The highest BCUT2D eigenvalue weighted by Crippen LogP contribution is 2.31. The monoisotopic (exact) mass is 463 g/mol. The van der Waals surface area contributed by atoms with Gasteiger partial charge in [0.05, 0.1) is 0 Å². The first-order chi connectivity index (χ1) is 16.1. The molecule has 1 aliphatic heterocycles. The van der Waals surface area contributed by atoms with Gasteiger partial charge in [-0.3, -0.25) is 4.79 Å². The summed E-state index contributed by atoms with van der Waals surface area (Å²) in [6.45, 7) is 0.209. The second-order valence-electron chi connectivity index (χ2n) is 7.18. The largest absolute Gasteiger partial charge is 0.485 e. The molecule has 0 unspecified atom stereocenters. The lowest BCUT2D eigenvalue weighted by molar-refractivity contribution is -0.125. The van der Waals surface area contributed by atoms with Crippen LogP contribution in [-0.2, 0) is 11.4 Å². The Morgan fingerprint density at radius 1 is 1.03 bits per heavy atom. The minimum absolute atomic E-state index is 0.0777. The summed E-state index contributed by atoms with van der Waals surface area (Å²) in [6, 6.07) is 21.3. The van der Waals surface area contributed by atoms with Gasteiger partial charge < -0.3 is 23.9 Å². The average molecular weight is 464 g/mol. The molecule has 166 valence electrons. The molecule has 4 aromatic rings. The molecule has 0 radical (unpaired) electrons. The molecule has 5 rings (SSSR count). The number of nitrogens with zero attached hydrogens (tertiary/aromatic N) is 2. The van der Waals surface area contributed by atoms with Crippen LogP contribution in [-0.4, -0.2) is 28.8 Å². The quantitative estimate of drug-likeness (QED) is 0.441. The van der Waals surface area contributed by atoms with Crippen LogP contribution in [0.5, 0.6) is 17.2 Å². The Labute approximate surface area is 194 Å². The summed E-state index contributed by atoms with van der Waals surface area (Å²) in [7, 11) is 0. The molecule has 0 saturated heterocycles. The zero-order valence-corrected chi connectivity index (χ0v) is 18.0. The fourth-order valence-electron chi connectivity index (χ4n) is 3.20. The van der Waals surface area contributed by atoms with Gasteiger partial charge in [-0.1, -0.05) is 29.8 Å². The summed E-state index contributed by atoms with van der Waals surface area (Å²) >= 11 is 5.90. The van der Waals surface area contributed by atoms with E-state index < -0.39 is 6.10 Å². The average Bonchev–Trinajstić information content (AvgIpc) is 3.32. The zero-order valence-electron chi connectivity index (χ0n) is 17.2. The molecular weight excluding hydrogens is 446 g/mol. The normalized spacial score (nSPS) is 14.5. The molecule has 1 aromatic heterocycles. The molecule has 0 fully saturated rings. The molecule has 0 aliphatic carbocycles. The lowest BCUT2D eigenvalue weighted by Gasteiger charge is -2.25. The van der Waals surface area contributed by atoms with Crippen LogP contribution in [0.4, 0.5) is 5.69 Å². The maximum Gasteiger partial charge on any atom is 0.269 e. The smallest absolute Gasteiger partial charge is 0.269 e. The number of aromatic nitrogens is 2. The number of rotatable bonds is 6. The van der Waals surface area contributed by atoms with E-state index in [-0.39, 0.29) is 19.1 Å². The van der Waals surface area contributed by atoms with Crippen molar-refractivity contribution in [3.05, 3.63) is 83.7 Å². The maximum absolute atomic E-state index is 12.6. The number of ether oxygens (including phenoxy) is 3. The van der Waals surface area contributed by atoms with Crippen molar-refractivity contribution in [1.29, 1.82) is 0 Å². The molecule has 1 N–H and O–H groups in total. The number of hydrogen-bond acceptors (Lipinski definition) is 7. The second kappa shape index (κ2) is 9.22. The van der Waals surface area contributed by atoms with E-state index in [0.717, 1.165) is 5.56 Å². The van der Waals surface area contributed by atoms with Crippen molar-refractivity contribution < 1.29 is 23.4 Å². The van der Waals surface area contributed by atoms with Crippen LogP contribution < -0.4 is 19.5 Å². The van der Waals surface area contributed by atoms with E-state index in [9.17, 15) is 4.79 Å². The summed E-state index contributed by atoms with van der Waals surface area (Å²) in [6.07, 6.45) is -0.755. The van der Waals surface area contributed by atoms with Crippen LogP contribution in [0.1, 0.15) is 5.89 Å². The van der Waals surface area contributed by atoms with Crippen molar-refractivity contribution in [3.63, 3.8) is 0 Å². The highest BCUT2D eigenvalue weighted by molar-refractivity contribution is 6.30. The molecule has 0 spiro atoms. The number of nitrogens with one attached hydrogen (secondary N) is 1. The second-order valence-corrected chi connectivity index (χ2v) is 7.61. The van der Waals surface area contributed by atoms with Gasteiger partial charge in [-0.25, -0.2) is 0 Å². The number of anilines is 1. The molecule has 8 nitrogen and oxygen atoms in total. The molecule has 0 saturated carbocycles. The van der Waals surface area contributed by atoms with Crippen molar-refractivity contribution in [3.8, 4) is 28.7 Å². The number of benzene rings is 3. The van der Waals surface area contributed by atoms with Crippen molar-refractivity contribution in [1.82, 2.24) is 10.2 Å². The Kier molecular flexibility index (Phi) is 5.82. The van der Waals surface area contributed by atoms with E-state index in [4.69, 9.17) is 30.2 Å². The SMILES string of the molecule is O=C(Nc1cccc(OCc2nnc(-c3ccc(Cl)cc3)o2)c1)[C@@H]1COc2ccccc2O1. The Balaban J connectivity index is 1.19. The number of amides is 1. The van der Waals surface area contributed by atoms with E-state index in [1.54, 1.807) is 60.7 Å². The minimum atomic E-state index is -0.755. The lowest BCUT2D eigenvalue weighted by atomic mass is 10.2. The van der Waals surface area contributed by atoms with Crippen molar-refractivity contribution in [2.24, 2.45) is 0 Å². The van der Waals surface area contributed by atoms with Gasteiger partial charge in [0, 0.05) is 22.3 Å². The van der Waals surface area contributed by atoms with Gasteiger partial charge >= 0.3 is 0 Å². The molecule has 1 amide bonds. The van der Waals surface area contributed by atoms with Gasteiger partial charge in [-0.05, 0) is 48.5 Å². The first-order valence-corrected chi connectivity index (χ1v) is 10.5. The molecule has 33 heavy (non-hydrogen) atoms. The summed E-state index contributed by atoms with van der Waals surface area (Å²) < 4.78 is 22.7. The van der Waals surface area contributed by atoms with E-state index in [1.807, 2.05) is 12.1 Å². The third kappa shape index (κ3) is 4.91. The Morgan fingerprint density at radius 2 is 1.85 bits per heavy atom. The number of carbonyl (C=O) groups excluding carboxylic acids is 1. The number of halogens is 1. The molecule has 9 heteroatoms. The van der Waals surface area contributed by atoms with Crippen LogP contribution in [0.15, 0.2) is 77.2 Å². The number of fused-ring (bicyclic) bond motifs is 1. The topological polar surface area (TPSA) is 95.7 Å². The van der Waals surface area contributed by atoms with Crippen LogP contribution in [0, 0.1) is 0 Å². The fraction of sp³-hybridized carbons (Fsp3) is 0.125. The molecule has 2 heterocycles. The predicted molar refractivity (Wildman–Crippen MR) is 121 cm³/mol. The summed E-state index contributed by atoms with van der Waals surface area (Å²) in [4.78, 5) is 12.6. The van der Waals surface area contributed by atoms with E-state index in [2.05, 4.69) is 15.5 Å². The predicted octanol–water partition coefficient (Wildman–Crippen LogP) is 4.75.